The van der Waals surface area contributed by atoms with Gasteiger partial charge in [-0.15, -0.1) is 10.2 Å². The average Bonchev–Trinajstić information content (AvgIpc) is 2.74. The topological polar surface area (TPSA) is 82.8 Å². The van der Waals surface area contributed by atoms with Crippen molar-refractivity contribution >= 4 is 5.97 Å². The van der Waals surface area contributed by atoms with Gasteiger partial charge in [-0.1, -0.05) is 0 Å². The molecule has 0 saturated carbocycles. The van der Waals surface area contributed by atoms with E-state index >= 15 is 0 Å². The van der Waals surface area contributed by atoms with Crippen LogP contribution in [-0.4, -0.2) is 37.3 Å². The minimum atomic E-state index is -0.483. The Labute approximate surface area is 110 Å². The number of aryl methyl sites for hydroxylation is 2. The van der Waals surface area contributed by atoms with Crippen LogP contribution in [0.3, 0.4) is 0 Å². The van der Waals surface area contributed by atoms with Crippen molar-refractivity contribution in [2.45, 2.75) is 27.3 Å². The average molecular weight is 261 g/mol. The highest BCUT2D eigenvalue weighted by molar-refractivity contribution is 5.85. The molecule has 19 heavy (non-hydrogen) atoms. The van der Waals surface area contributed by atoms with Crippen LogP contribution >= 0.6 is 0 Å². The standard InChI is InChI=1S/C12H15N5O2/c1-4-19-12(18)11-16-15-9(3)17(11)7-10-6-13-8(2)5-14-10/h5-6H,4,7H2,1-3H3. The Kier molecular flexibility index (Phi) is 3.84. The van der Waals surface area contributed by atoms with Crippen molar-refractivity contribution in [1.29, 1.82) is 0 Å². The number of rotatable bonds is 4. The normalized spacial score (nSPS) is 10.5. The van der Waals surface area contributed by atoms with Crippen LogP contribution in [0.4, 0.5) is 0 Å². The molecule has 0 saturated heterocycles. The SMILES string of the molecule is CCOC(=O)c1nnc(C)n1Cc1cnc(C)cn1. The van der Waals surface area contributed by atoms with Crippen LogP contribution < -0.4 is 0 Å². The molecule has 2 aromatic rings. The molecule has 7 heteroatoms. The summed E-state index contributed by atoms with van der Waals surface area (Å²) in [6, 6.07) is 0. The summed E-state index contributed by atoms with van der Waals surface area (Å²) >= 11 is 0. The second-order valence-corrected chi connectivity index (χ2v) is 4.03. The van der Waals surface area contributed by atoms with Crippen molar-refractivity contribution in [1.82, 2.24) is 24.7 Å². The smallest absolute Gasteiger partial charge is 0.376 e. The maximum atomic E-state index is 11.7. The molecule has 100 valence electrons. The molecule has 0 spiro atoms. The summed E-state index contributed by atoms with van der Waals surface area (Å²) in [6.45, 7) is 6.08. The molecule has 0 amide bonds. The maximum Gasteiger partial charge on any atom is 0.376 e. The van der Waals surface area contributed by atoms with Crippen molar-refractivity contribution in [3.05, 3.63) is 35.4 Å². The summed E-state index contributed by atoms with van der Waals surface area (Å²) in [7, 11) is 0. The van der Waals surface area contributed by atoms with Gasteiger partial charge >= 0.3 is 5.97 Å². The van der Waals surface area contributed by atoms with Crippen LogP contribution in [0.2, 0.25) is 0 Å². The zero-order chi connectivity index (χ0) is 13.8. The largest absolute Gasteiger partial charge is 0.460 e. The van der Waals surface area contributed by atoms with Gasteiger partial charge in [0, 0.05) is 6.20 Å². The van der Waals surface area contributed by atoms with Gasteiger partial charge in [0.1, 0.15) is 5.82 Å². The molecule has 2 heterocycles. The Morgan fingerprint density at radius 1 is 1.26 bits per heavy atom. The van der Waals surface area contributed by atoms with Crippen molar-refractivity contribution in [2.24, 2.45) is 0 Å². The Bertz CT molecular complexity index is 576. The van der Waals surface area contributed by atoms with E-state index in [0.29, 0.717) is 19.0 Å². The fourth-order valence-electron chi connectivity index (χ4n) is 1.58. The van der Waals surface area contributed by atoms with Gasteiger partial charge in [0.25, 0.3) is 0 Å². The Morgan fingerprint density at radius 3 is 2.68 bits per heavy atom. The van der Waals surface area contributed by atoms with Gasteiger partial charge in [-0.3, -0.25) is 14.5 Å². The van der Waals surface area contributed by atoms with Crippen LogP contribution in [0.5, 0.6) is 0 Å². The monoisotopic (exact) mass is 261 g/mol. The predicted octanol–water partition coefficient (Wildman–Crippen LogP) is 0.910. The lowest BCUT2D eigenvalue weighted by atomic mass is 10.4. The molecule has 0 fully saturated rings. The van der Waals surface area contributed by atoms with Gasteiger partial charge in [-0.2, -0.15) is 0 Å². The number of esters is 1. The van der Waals surface area contributed by atoms with E-state index in [9.17, 15) is 4.79 Å². The highest BCUT2D eigenvalue weighted by Gasteiger charge is 2.18. The summed E-state index contributed by atoms with van der Waals surface area (Å²) in [4.78, 5) is 20.2. The van der Waals surface area contributed by atoms with E-state index in [0.717, 1.165) is 11.4 Å². The zero-order valence-electron chi connectivity index (χ0n) is 11.1. The summed E-state index contributed by atoms with van der Waals surface area (Å²) in [5.74, 6) is 0.329. The minimum Gasteiger partial charge on any atom is -0.460 e. The Morgan fingerprint density at radius 2 is 2.05 bits per heavy atom. The first-order chi connectivity index (χ1) is 9.11. The second-order valence-electron chi connectivity index (χ2n) is 4.03. The quantitative estimate of drug-likeness (QED) is 0.761. The van der Waals surface area contributed by atoms with Crippen LogP contribution in [0.15, 0.2) is 12.4 Å². The number of nitrogens with zero attached hydrogens (tertiary/aromatic N) is 5. The first-order valence-corrected chi connectivity index (χ1v) is 5.96. The third kappa shape index (κ3) is 2.93. The maximum absolute atomic E-state index is 11.7. The van der Waals surface area contributed by atoms with E-state index < -0.39 is 5.97 Å². The lowest BCUT2D eigenvalue weighted by Crippen LogP contribution is -2.15. The summed E-state index contributed by atoms with van der Waals surface area (Å²) in [6.07, 6.45) is 3.35. The van der Waals surface area contributed by atoms with Gasteiger partial charge in [-0.25, -0.2) is 4.79 Å². The number of carbonyl (C=O) groups is 1. The molecule has 0 atom stereocenters. The number of carbonyl (C=O) groups excluding carboxylic acids is 1. The van der Waals surface area contributed by atoms with Gasteiger partial charge in [0.15, 0.2) is 0 Å². The fourth-order valence-corrected chi connectivity index (χ4v) is 1.58. The predicted molar refractivity (Wildman–Crippen MR) is 66.6 cm³/mol. The first-order valence-electron chi connectivity index (χ1n) is 5.96. The molecule has 0 N–H and O–H groups in total. The van der Waals surface area contributed by atoms with Crippen LogP contribution in [-0.2, 0) is 11.3 Å². The highest BCUT2D eigenvalue weighted by Crippen LogP contribution is 2.07. The van der Waals surface area contributed by atoms with E-state index in [1.165, 1.54) is 0 Å². The molecular weight excluding hydrogens is 246 g/mol. The Balaban J connectivity index is 2.26. The van der Waals surface area contributed by atoms with Gasteiger partial charge in [0.2, 0.25) is 5.82 Å². The van der Waals surface area contributed by atoms with E-state index in [1.807, 2.05) is 6.92 Å². The Hall–Kier alpha value is -2.31. The number of hydrogen-bond acceptors (Lipinski definition) is 6. The van der Waals surface area contributed by atoms with Gasteiger partial charge in [-0.05, 0) is 20.8 Å². The molecule has 2 rings (SSSR count). The van der Waals surface area contributed by atoms with E-state index in [-0.39, 0.29) is 5.82 Å². The zero-order valence-corrected chi connectivity index (χ0v) is 11.1. The van der Waals surface area contributed by atoms with Gasteiger partial charge < -0.3 is 4.74 Å². The highest BCUT2D eigenvalue weighted by atomic mass is 16.5. The molecule has 2 aromatic heterocycles. The lowest BCUT2D eigenvalue weighted by molar-refractivity contribution is 0.0506. The van der Waals surface area contributed by atoms with Crippen molar-refractivity contribution in [2.75, 3.05) is 6.61 Å². The van der Waals surface area contributed by atoms with Crippen LogP contribution in [0, 0.1) is 13.8 Å². The van der Waals surface area contributed by atoms with Crippen molar-refractivity contribution in [3.63, 3.8) is 0 Å². The molecule has 0 aromatic carbocycles. The second kappa shape index (κ2) is 5.55. The van der Waals surface area contributed by atoms with Crippen LogP contribution in [0.1, 0.15) is 34.8 Å². The summed E-state index contributed by atoms with van der Waals surface area (Å²) < 4.78 is 6.60. The van der Waals surface area contributed by atoms with E-state index in [1.54, 1.807) is 30.8 Å². The molecule has 0 aliphatic carbocycles. The van der Waals surface area contributed by atoms with Crippen molar-refractivity contribution < 1.29 is 9.53 Å². The number of hydrogen-bond donors (Lipinski definition) is 0. The van der Waals surface area contributed by atoms with Gasteiger partial charge in [0.05, 0.1) is 30.7 Å². The lowest BCUT2D eigenvalue weighted by Gasteiger charge is -2.07. The fraction of sp³-hybridized carbons (Fsp3) is 0.417. The molecule has 0 aliphatic rings. The summed E-state index contributed by atoms with van der Waals surface area (Å²) in [5.41, 5.74) is 1.58. The minimum absolute atomic E-state index is 0.182. The number of ether oxygens (including phenoxy) is 1. The molecule has 0 aliphatic heterocycles. The molecular formula is C12H15N5O2. The molecule has 0 radical (unpaired) electrons. The molecule has 0 bridgehead atoms. The third-order valence-electron chi connectivity index (χ3n) is 2.55. The van der Waals surface area contributed by atoms with E-state index in [4.69, 9.17) is 4.74 Å². The number of aromatic nitrogens is 5. The summed E-state index contributed by atoms with van der Waals surface area (Å²) in [5, 5.41) is 7.74. The molecule has 7 nitrogen and oxygen atoms in total. The van der Waals surface area contributed by atoms with Crippen LogP contribution in [0.25, 0.3) is 0 Å². The first kappa shape index (κ1) is 13.1. The van der Waals surface area contributed by atoms with E-state index in [2.05, 4.69) is 20.2 Å². The molecule has 0 unspecified atom stereocenters. The third-order valence-corrected chi connectivity index (χ3v) is 2.55. The van der Waals surface area contributed by atoms with Crippen molar-refractivity contribution in [3.8, 4) is 0 Å².